The summed E-state index contributed by atoms with van der Waals surface area (Å²) in [6.45, 7) is 0.901. The lowest BCUT2D eigenvalue weighted by atomic mass is 10.2. The first-order valence-electron chi connectivity index (χ1n) is 7.58. The number of benzene rings is 2. The van der Waals surface area contributed by atoms with E-state index in [9.17, 15) is 4.39 Å². The predicted molar refractivity (Wildman–Crippen MR) is 104 cm³/mol. The minimum absolute atomic E-state index is 0.241. The maximum Gasteiger partial charge on any atom is 0.231 e. The summed E-state index contributed by atoms with van der Waals surface area (Å²) in [5.74, 6) is 2.45. The summed E-state index contributed by atoms with van der Waals surface area (Å²) in [7, 11) is 0. The van der Waals surface area contributed by atoms with E-state index < -0.39 is 0 Å². The smallest absolute Gasteiger partial charge is 0.231 e. The van der Waals surface area contributed by atoms with Gasteiger partial charge in [0.15, 0.2) is 16.6 Å². The lowest BCUT2D eigenvalue weighted by molar-refractivity contribution is 0.174. The van der Waals surface area contributed by atoms with Gasteiger partial charge in [0.2, 0.25) is 6.79 Å². The average Bonchev–Trinajstić information content (AvgIpc) is 3.04. The van der Waals surface area contributed by atoms with Crippen LogP contribution in [0.15, 0.2) is 36.4 Å². The SMILES string of the molecule is Fc1cccc(Cl)c1CSCCNC(=S)Nc1ccc2c(c1)OCO2. The molecule has 25 heavy (non-hydrogen) atoms. The maximum atomic E-state index is 13.7. The molecule has 0 saturated heterocycles. The van der Waals surface area contributed by atoms with Crippen LogP contribution in [0.3, 0.4) is 0 Å². The summed E-state index contributed by atoms with van der Waals surface area (Å²) in [6.07, 6.45) is 0. The molecule has 3 rings (SSSR count). The van der Waals surface area contributed by atoms with Gasteiger partial charge in [-0.25, -0.2) is 4.39 Å². The summed E-state index contributed by atoms with van der Waals surface area (Å²) >= 11 is 12.9. The molecule has 0 saturated carbocycles. The van der Waals surface area contributed by atoms with Crippen LogP contribution in [-0.4, -0.2) is 24.2 Å². The van der Waals surface area contributed by atoms with Crippen molar-refractivity contribution in [1.82, 2.24) is 5.32 Å². The number of hydrogen-bond donors (Lipinski definition) is 2. The zero-order valence-corrected chi connectivity index (χ0v) is 15.6. The summed E-state index contributed by atoms with van der Waals surface area (Å²) < 4.78 is 24.3. The quantitative estimate of drug-likeness (QED) is 0.554. The van der Waals surface area contributed by atoms with Crippen molar-refractivity contribution in [1.29, 1.82) is 0 Å². The summed E-state index contributed by atoms with van der Waals surface area (Å²) in [4.78, 5) is 0. The van der Waals surface area contributed by atoms with Crippen LogP contribution < -0.4 is 20.1 Å². The van der Waals surface area contributed by atoms with Crippen LogP contribution in [0.2, 0.25) is 5.02 Å². The number of fused-ring (bicyclic) bond motifs is 1. The summed E-state index contributed by atoms with van der Waals surface area (Å²) in [5.41, 5.74) is 1.36. The summed E-state index contributed by atoms with van der Waals surface area (Å²) in [5, 5.41) is 7.18. The number of thioether (sulfide) groups is 1. The second-order valence-corrected chi connectivity index (χ2v) is 7.12. The minimum atomic E-state index is -0.270. The van der Waals surface area contributed by atoms with Crippen LogP contribution in [0, 0.1) is 5.82 Å². The van der Waals surface area contributed by atoms with Gasteiger partial charge in [-0.2, -0.15) is 11.8 Å². The van der Waals surface area contributed by atoms with Crippen LogP contribution >= 0.6 is 35.6 Å². The predicted octanol–water partition coefficient (Wildman–Crippen LogP) is 4.43. The normalized spacial score (nSPS) is 12.1. The number of hydrogen-bond acceptors (Lipinski definition) is 4. The van der Waals surface area contributed by atoms with Gasteiger partial charge in [0.1, 0.15) is 5.82 Å². The Labute approximate surface area is 160 Å². The number of halogens is 2. The van der Waals surface area contributed by atoms with E-state index >= 15 is 0 Å². The van der Waals surface area contributed by atoms with Gasteiger partial charge in [-0.1, -0.05) is 17.7 Å². The van der Waals surface area contributed by atoms with Gasteiger partial charge < -0.3 is 20.1 Å². The highest BCUT2D eigenvalue weighted by Gasteiger charge is 2.13. The van der Waals surface area contributed by atoms with Crippen molar-refractivity contribution < 1.29 is 13.9 Å². The first kappa shape index (κ1) is 18.1. The third kappa shape index (κ3) is 4.90. The fourth-order valence-corrected chi connectivity index (χ4v) is 3.65. The van der Waals surface area contributed by atoms with E-state index in [2.05, 4.69) is 10.6 Å². The first-order valence-corrected chi connectivity index (χ1v) is 9.53. The van der Waals surface area contributed by atoms with E-state index in [1.54, 1.807) is 23.9 Å². The van der Waals surface area contributed by atoms with Crippen LogP contribution in [0.5, 0.6) is 11.5 Å². The second kappa shape index (κ2) is 8.60. The maximum absolute atomic E-state index is 13.7. The van der Waals surface area contributed by atoms with Gasteiger partial charge in [-0.05, 0) is 36.5 Å². The third-order valence-corrected chi connectivity index (χ3v) is 5.06. The van der Waals surface area contributed by atoms with Gasteiger partial charge >= 0.3 is 0 Å². The standard InChI is InChI=1S/C17H16ClFN2O2S2/c18-13-2-1-3-14(19)12(13)9-25-7-6-20-17(24)21-11-4-5-15-16(8-11)23-10-22-15/h1-5,8H,6-7,9-10H2,(H2,20,21,24). The molecule has 4 nitrogen and oxygen atoms in total. The van der Waals surface area contributed by atoms with Crippen molar-refractivity contribution in [2.45, 2.75) is 5.75 Å². The van der Waals surface area contributed by atoms with E-state index in [0.717, 1.165) is 17.2 Å². The molecule has 1 aliphatic rings. The molecule has 1 aliphatic heterocycles. The molecule has 0 aliphatic carbocycles. The Bertz CT molecular complexity index is 756. The van der Waals surface area contributed by atoms with Crippen molar-refractivity contribution in [3.63, 3.8) is 0 Å². The Hall–Kier alpha value is -1.70. The van der Waals surface area contributed by atoms with Crippen molar-refractivity contribution in [2.75, 3.05) is 24.4 Å². The molecule has 2 N–H and O–H groups in total. The Kier molecular flexibility index (Phi) is 6.23. The monoisotopic (exact) mass is 398 g/mol. The van der Waals surface area contributed by atoms with Gasteiger partial charge in [-0.15, -0.1) is 0 Å². The van der Waals surface area contributed by atoms with Gasteiger partial charge in [0.25, 0.3) is 0 Å². The molecule has 8 heteroatoms. The lowest BCUT2D eigenvalue weighted by Crippen LogP contribution is -2.30. The van der Waals surface area contributed by atoms with Crippen molar-refractivity contribution >= 4 is 46.4 Å². The van der Waals surface area contributed by atoms with Gasteiger partial charge in [-0.3, -0.25) is 0 Å². The minimum Gasteiger partial charge on any atom is -0.454 e. The molecule has 0 radical (unpaired) electrons. The second-order valence-electron chi connectivity index (χ2n) is 5.20. The molecule has 2 aromatic rings. The zero-order chi connectivity index (χ0) is 17.6. The Morgan fingerprint density at radius 3 is 2.92 bits per heavy atom. The highest BCUT2D eigenvalue weighted by atomic mass is 35.5. The molecular formula is C17H16ClFN2O2S2. The Balaban J connectivity index is 1.38. The third-order valence-electron chi connectivity index (χ3n) is 3.47. The fourth-order valence-electron chi connectivity index (χ4n) is 2.23. The number of thiocarbonyl (C=S) groups is 1. The van der Waals surface area contributed by atoms with Crippen LogP contribution in [0.1, 0.15) is 5.56 Å². The molecule has 132 valence electrons. The Morgan fingerprint density at radius 2 is 2.08 bits per heavy atom. The molecule has 0 bridgehead atoms. The number of ether oxygens (including phenoxy) is 2. The first-order chi connectivity index (χ1) is 12.1. The largest absolute Gasteiger partial charge is 0.454 e. The molecule has 0 spiro atoms. The number of nitrogens with one attached hydrogen (secondary N) is 2. The fraction of sp³-hybridized carbons (Fsp3) is 0.235. The van der Waals surface area contributed by atoms with E-state index in [-0.39, 0.29) is 12.6 Å². The molecule has 1 heterocycles. The lowest BCUT2D eigenvalue weighted by Gasteiger charge is -2.11. The molecule has 0 unspecified atom stereocenters. The van der Waals surface area contributed by atoms with Gasteiger partial charge in [0.05, 0.1) is 0 Å². The highest BCUT2D eigenvalue weighted by molar-refractivity contribution is 7.98. The topological polar surface area (TPSA) is 42.5 Å². The molecule has 0 fully saturated rings. The van der Waals surface area contributed by atoms with Crippen molar-refractivity contribution in [3.05, 3.63) is 52.8 Å². The van der Waals surface area contributed by atoms with Crippen LogP contribution in [-0.2, 0) is 5.75 Å². The molecule has 0 aromatic heterocycles. The highest BCUT2D eigenvalue weighted by Crippen LogP contribution is 2.34. The Morgan fingerprint density at radius 1 is 1.24 bits per heavy atom. The molecule has 2 aromatic carbocycles. The number of anilines is 1. The van der Waals surface area contributed by atoms with Gasteiger partial charge in [0, 0.05) is 40.4 Å². The molecule has 0 amide bonds. The number of rotatable bonds is 6. The van der Waals surface area contributed by atoms with E-state index in [1.165, 1.54) is 6.07 Å². The van der Waals surface area contributed by atoms with Crippen LogP contribution in [0.25, 0.3) is 0 Å². The van der Waals surface area contributed by atoms with E-state index in [0.29, 0.717) is 33.7 Å². The van der Waals surface area contributed by atoms with Crippen molar-refractivity contribution in [3.8, 4) is 11.5 Å². The average molecular weight is 399 g/mol. The van der Waals surface area contributed by atoms with E-state index in [4.69, 9.17) is 33.3 Å². The molecular weight excluding hydrogens is 383 g/mol. The zero-order valence-electron chi connectivity index (χ0n) is 13.2. The summed E-state index contributed by atoms with van der Waals surface area (Å²) in [6, 6.07) is 10.3. The molecule has 0 atom stereocenters. The van der Waals surface area contributed by atoms with Crippen LogP contribution in [0.4, 0.5) is 10.1 Å². The van der Waals surface area contributed by atoms with E-state index in [1.807, 2.05) is 18.2 Å². The van der Waals surface area contributed by atoms with Crippen molar-refractivity contribution in [2.24, 2.45) is 0 Å².